The Morgan fingerprint density at radius 3 is 2.74 bits per heavy atom. The molecule has 1 aromatic carbocycles. The Bertz CT molecular complexity index is 455. The summed E-state index contributed by atoms with van der Waals surface area (Å²) in [5, 5.41) is 0.822. The number of hydrogen-bond acceptors (Lipinski definition) is 3. The van der Waals surface area contributed by atoms with Crippen LogP contribution in [0.4, 0.5) is 0 Å². The maximum absolute atomic E-state index is 6.13. The molecule has 1 aromatic rings. The lowest BCUT2D eigenvalue weighted by Crippen LogP contribution is -2.44. The average Bonchev–Trinajstić information content (AvgIpc) is 2.77. The van der Waals surface area contributed by atoms with Crippen molar-refractivity contribution in [3.8, 4) is 0 Å². The van der Waals surface area contributed by atoms with Crippen LogP contribution < -0.4 is 5.73 Å². The summed E-state index contributed by atoms with van der Waals surface area (Å²) in [4.78, 5) is 5.00. The monoisotopic (exact) mass is 279 g/mol. The largest absolute Gasteiger partial charge is 0.329 e. The highest BCUT2D eigenvalue weighted by atomic mass is 35.5. The van der Waals surface area contributed by atoms with Crippen molar-refractivity contribution in [1.29, 1.82) is 0 Å². The van der Waals surface area contributed by atoms with E-state index in [1.54, 1.807) is 0 Å². The van der Waals surface area contributed by atoms with Crippen LogP contribution in [0, 0.1) is 0 Å². The number of benzene rings is 1. The summed E-state index contributed by atoms with van der Waals surface area (Å²) in [5.74, 6) is 0. The highest BCUT2D eigenvalue weighted by molar-refractivity contribution is 6.30. The molecule has 2 aliphatic heterocycles. The predicted molar refractivity (Wildman–Crippen MR) is 79.3 cm³/mol. The van der Waals surface area contributed by atoms with Gasteiger partial charge in [0.15, 0.2) is 0 Å². The van der Waals surface area contributed by atoms with Crippen molar-refractivity contribution in [2.24, 2.45) is 5.73 Å². The van der Waals surface area contributed by atoms with Crippen LogP contribution in [0.3, 0.4) is 0 Å². The van der Waals surface area contributed by atoms with Gasteiger partial charge in [-0.1, -0.05) is 17.7 Å². The molecule has 3 rings (SSSR count). The van der Waals surface area contributed by atoms with E-state index in [2.05, 4.69) is 29.0 Å². The average molecular weight is 280 g/mol. The zero-order chi connectivity index (χ0) is 13.4. The third-order valence-corrected chi connectivity index (χ3v) is 4.84. The van der Waals surface area contributed by atoms with Gasteiger partial charge < -0.3 is 10.6 Å². The van der Waals surface area contributed by atoms with Crippen LogP contribution in [0.15, 0.2) is 18.2 Å². The van der Waals surface area contributed by atoms with E-state index in [1.807, 2.05) is 6.07 Å². The smallest absolute Gasteiger partial charge is 0.0480 e. The van der Waals surface area contributed by atoms with Crippen LogP contribution in [0.5, 0.6) is 0 Å². The molecule has 0 aliphatic carbocycles. The van der Waals surface area contributed by atoms with Crippen LogP contribution in [-0.2, 0) is 6.54 Å². The van der Waals surface area contributed by atoms with Gasteiger partial charge in [0.25, 0.3) is 0 Å². The number of rotatable bonds is 2. The lowest BCUT2D eigenvalue weighted by molar-refractivity contribution is 0.0908. The molecule has 4 heteroatoms. The molecule has 0 radical (unpaired) electrons. The number of piperidine rings is 1. The van der Waals surface area contributed by atoms with E-state index in [0.29, 0.717) is 18.6 Å². The molecule has 0 bridgehead atoms. The fraction of sp³-hybridized carbons (Fsp3) is 0.600. The zero-order valence-electron chi connectivity index (χ0n) is 11.5. The maximum Gasteiger partial charge on any atom is 0.0480 e. The predicted octanol–water partition coefficient (Wildman–Crippen LogP) is 2.25. The van der Waals surface area contributed by atoms with Crippen LogP contribution >= 0.6 is 11.6 Å². The number of nitrogens with zero attached hydrogens (tertiary/aromatic N) is 2. The molecule has 2 aliphatic rings. The highest BCUT2D eigenvalue weighted by Crippen LogP contribution is 2.38. The lowest BCUT2D eigenvalue weighted by Gasteiger charge is -2.38. The van der Waals surface area contributed by atoms with Crippen LogP contribution in [-0.4, -0.2) is 42.5 Å². The summed E-state index contributed by atoms with van der Waals surface area (Å²) in [5.41, 5.74) is 8.77. The van der Waals surface area contributed by atoms with Gasteiger partial charge in [0, 0.05) is 30.2 Å². The number of halogens is 1. The van der Waals surface area contributed by atoms with E-state index < -0.39 is 0 Å². The van der Waals surface area contributed by atoms with E-state index in [0.717, 1.165) is 11.6 Å². The molecule has 1 atom stereocenters. The van der Waals surface area contributed by atoms with Gasteiger partial charge in [-0.15, -0.1) is 0 Å². The Balaban J connectivity index is 1.81. The fourth-order valence-corrected chi connectivity index (χ4v) is 3.66. The number of nitrogens with two attached hydrogens (primary N) is 1. The second-order valence-electron chi connectivity index (χ2n) is 5.80. The molecule has 0 aromatic heterocycles. The summed E-state index contributed by atoms with van der Waals surface area (Å²) >= 11 is 6.13. The number of fused-ring (bicyclic) bond motifs is 1. The summed E-state index contributed by atoms with van der Waals surface area (Å²) in [6, 6.07) is 7.27. The van der Waals surface area contributed by atoms with Crippen LogP contribution in [0.2, 0.25) is 5.02 Å². The molecule has 1 unspecified atom stereocenters. The first-order chi connectivity index (χ1) is 9.19. The van der Waals surface area contributed by atoms with E-state index in [-0.39, 0.29) is 0 Å². The van der Waals surface area contributed by atoms with E-state index in [9.17, 15) is 0 Å². The molecule has 2 heterocycles. The van der Waals surface area contributed by atoms with Gasteiger partial charge in [-0.25, -0.2) is 0 Å². The Kier molecular flexibility index (Phi) is 3.81. The standard InChI is InChI=1S/C15H22ClN3/c1-18-6-4-13(5-7-18)19-10-11-2-3-12(16)8-14(11)15(19)9-17/h2-3,8,13,15H,4-7,9-10,17H2,1H3. The summed E-state index contributed by atoms with van der Waals surface area (Å²) in [7, 11) is 2.20. The molecule has 2 N–H and O–H groups in total. The molecule has 19 heavy (non-hydrogen) atoms. The molecule has 3 nitrogen and oxygen atoms in total. The summed E-state index contributed by atoms with van der Waals surface area (Å²) in [6.07, 6.45) is 2.49. The van der Waals surface area contributed by atoms with Gasteiger partial charge in [-0.3, -0.25) is 4.90 Å². The van der Waals surface area contributed by atoms with E-state index >= 15 is 0 Å². The van der Waals surface area contributed by atoms with Crippen molar-refractivity contribution < 1.29 is 0 Å². The van der Waals surface area contributed by atoms with E-state index in [4.69, 9.17) is 17.3 Å². The fourth-order valence-electron chi connectivity index (χ4n) is 3.48. The minimum atomic E-state index is 0.349. The quantitative estimate of drug-likeness (QED) is 0.901. The van der Waals surface area contributed by atoms with Crippen molar-refractivity contribution >= 4 is 11.6 Å². The molecule has 104 valence electrons. The SMILES string of the molecule is CN1CCC(N2Cc3ccc(Cl)cc3C2CN)CC1. The Morgan fingerprint density at radius 1 is 1.32 bits per heavy atom. The second-order valence-corrected chi connectivity index (χ2v) is 6.24. The van der Waals surface area contributed by atoms with Gasteiger partial charge in [-0.2, -0.15) is 0 Å². The minimum absolute atomic E-state index is 0.349. The molecule has 0 saturated carbocycles. The molecule has 1 fully saturated rings. The van der Waals surface area contributed by atoms with Crippen LogP contribution in [0.25, 0.3) is 0 Å². The first-order valence-electron chi connectivity index (χ1n) is 7.11. The molecule has 0 amide bonds. The Morgan fingerprint density at radius 2 is 2.05 bits per heavy atom. The number of likely N-dealkylation sites (tertiary alicyclic amines) is 1. The lowest BCUT2D eigenvalue weighted by atomic mass is 10.0. The molecule has 1 saturated heterocycles. The summed E-state index contributed by atoms with van der Waals surface area (Å²) < 4.78 is 0. The van der Waals surface area contributed by atoms with Crippen molar-refractivity contribution in [2.45, 2.75) is 31.5 Å². The van der Waals surface area contributed by atoms with Crippen molar-refractivity contribution in [1.82, 2.24) is 9.80 Å². The van der Waals surface area contributed by atoms with Crippen molar-refractivity contribution in [2.75, 3.05) is 26.7 Å². The molecular weight excluding hydrogens is 258 g/mol. The topological polar surface area (TPSA) is 32.5 Å². The maximum atomic E-state index is 6.13. The Hall–Kier alpha value is -0.610. The second kappa shape index (κ2) is 5.41. The van der Waals surface area contributed by atoms with Gasteiger partial charge in [0.05, 0.1) is 0 Å². The van der Waals surface area contributed by atoms with Gasteiger partial charge >= 0.3 is 0 Å². The molecular formula is C15H22ClN3. The van der Waals surface area contributed by atoms with E-state index in [1.165, 1.54) is 37.1 Å². The minimum Gasteiger partial charge on any atom is -0.329 e. The first kappa shape index (κ1) is 13.4. The van der Waals surface area contributed by atoms with Crippen molar-refractivity contribution in [3.63, 3.8) is 0 Å². The van der Waals surface area contributed by atoms with Gasteiger partial charge in [0.2, 0.25) is 0 Å². The molecule has 0 spiro atoms. The van der Waals surface area contributed by atoms with Gasteiger partial charge in [0.1, 0.15) is 0 Å². The normalized spacial score (nSPS) is 25.7. The Labute approximate surface area is 120 Å². The van der Waals surface area contributed by atoms with Gasteiger partial charge in [-0.05, 0) is 56.2 Å². The van der Waals surface area contributed by atoms with Crippen molar-refractivity contribution in [3.05, 3.63) is 34.3 Å². The third kappa shape index (κ3) is 2.52. The number of hydrogen-bond donors (Lipinski definition) is 1. The third-order valence-electron chi connectivity index (χ3n) is 4.60. The first-order valence-corrected chi connectivity index (χ1v) is 7.49. The van der Waals surface area contributed by atoms with Crippen LogP contribution in [0.1, 0.15) is 30.0 Å². The highest BCUT2D eigenvalue weighted by Gasteiger charge is 2.35. The summed E-state index contributed by atoms with van der Waals surface area (Å²) in [6.45, 7) is 4.09. The zero-order valence-corrected chi connectivity index (χ0v) is 12.2.